The van der Waals surface area contributed by atoms with E-state index in [2.05, 4.69) is 5.32 Å². The molecule has 0 saturated carbocycles. The number of aliphatic hydroxyl groups excluding tert-OH is 1. The van der Waals surface area contributed by atoms with Gasteiger partial charge >= 0.3 is 0 Å². The van der Waals surface area contributed by atoms with E-state index in [-0.39, 0.29) is 12.5 Å². The van der Waals surface area contributed by atoms with Gasteiger partial charge in [-0.3, -0.25) is 4.79 Å². The third-order valence-corrected chi connectivity index (χ3v) is 3.35. The highest BCUT2D eigenvalue weighted by molar-refractivity contribution is 5.94. The monoisotopic (exact) mass is 251 g/mol. The third kappa shape index (κ3) is 3.31. The first-order valence-corrected chi connectivity index (χ1v) is 5.92. The Kier molecular flexibility index (Phi) is 4.14. The number of hydrogen-bond acceptors (Lipinski definition) is 3. The van der Waals surface area contributed by atoms with Crippen LogP contribution in [-0.4, -0.2) is 27.3 Å². The molecule has 0 aliphatic heterocycles. The van der Waals surface area contributed by atoms with E-state index in [9.17, 15) is 9.90 Å². The van der Waals surface area contributed by atoms with Crippen molar-refractivity contribution >= 4 is 5.91 Å². The van der Waals surface area contributed by atoms with Crippen molar-refractivity contribution in [2.24, 2.45) is 0 Å². The van der Waals surface area contributed by atoms with Gasteiger partial charge in [0.1, 0.15) is 0 Å². The van der Waals surface area contributed by atoms with Gasteiger partial charge < -0.3 is 15.5 Å². The van der Waals surface area contributed by atoms with Crippen LogP contribution in [0.2, 0.25) is 0 Å². The maximum atomic E-state index is 12.0. The Morgan fingerprint density at radius 1 is 1.17 bits per heavy atom. The highest BCUT2D eigenvalue weighted by Crippen LogP contribution is 2.21. The van der Waals surface area contributed by atoms with Crippen LogP contribution in [0.3, 0.4) is 0 Å². The molecule has 18 heavy (non-hydrogen) atoms. The van der Waals surface area contributed by atoms with Crippen LogP contribution in [0.25, 0.3) is 0 Å². The van der Waals surface area contributed by atoms with Crippen molar-refractivity contribution in [2.75, 3.05) is 0 Å². The van der Waals surface area contributed by atoms with E-state index in [1.807, 2.05) is 0 Å². The molecule has 0 fully saturated rings. The van der Waals surface area contributed by atoms with Crippen LogP contribution < -0.4 is 5.32 Å². The minimum atomic E-state index is -1.02. The number of amides is 1. The topological polar surface area (TPSA) is 69.6 Å². The summed E-state index contributed by atoms with van der Waals surface area (Å²) in [6.07, 6.45) is 0. The van der Waals surface area contributed by atoms with Gasteiger partial charge in [0.15, 0.2) is 0 Å². The average molecular weight is 251 g/mol. The molecule has 0 atom stereocenters. The van der Waals surface area contributed by atoms with Crippen molar-refractivity contribution < 1.29 is 15.0 Å². The first-order valence-electron chi connectivity index (χ1n) is 5.92. The van der Waals surface area contributed by atoms with E-state index in [1.165, 1.54) is 0 Å². The van der Waals surface area contributed by atoms with Crippen LogP contribution in [0.5, 0.6) is 0 Å². The number of rotatable bonds is 4. The van der Waals surface area contributed by atoms with E-state index >= 15 is 0 Å². The molecule has 4 heteroatoms. The van der Waals surface area contributed by atoms with Gasteiger partial charge in [-0.05, 0) is 45.4 Å². The van der Waals surface area contributed by atoms with Gasteiger partial charge in [-0.1, -0.05) is 12.1 Å². The fourth-order valence-electron chi connectivity index (χ4n) is 1.27. The predicted molar refractivity (Wildman–Crippen MR) is 70.2 cm³/mol. The van der Waals surface area contributed by atoms with Crippen LogP contribution in [-0.2, 0) is 6.61 Å². The molecular weight excluding hydrogens is 230 g/mol. The average Bonchev–Trinajstić information content (AvgIpc) is 2.27. The van der Waals surface area contributed by atoms with E-state index in [0.717, 1.165) is 5.56 Å². The summed E-state index contributed by atoms with van der Waals surface area (Å²) in [5, 5.41) is 21.7. The summed E-state index contributed by atoms with van der Waals surface area (Å²) in [6.45, 7) is 6.81. The Morgan fingerprint density at radius 2 is 1.67 bits per heavy atom. The number of carbonyl (C=O) groups excluding carboxylic acids is 1. The molecule has 1 aromatic carbocycles. The van der Waals surface area contributed by atoms with E-state index in [4.69, 9.17) is 5.11 Å². The Bertz CT molecular complexity index is 416. The van der Waals surface area contributed by atoms with Crippen molar-refractivity contribution in [2.45, 2.75) is 45.4 Å². The lowest BCUT2D eigenvalue weighted by Crippen LogP contribution is -2.57. The maximum Gasteiger partial charge on any atom is 0.251 e. The summed E-state index contributed by atoms with van der Waals surface area (Å²) in [4.78, 5) is 12.0. The lowest BCUT2D eigenvalue weighted by Gasteiger charge is -2.38. The van der Waals surface area contributed by atoms with Gasteiger partial charge in [0, 0.05) is 5.56 Å². The zero-order chi connectivity index (χ0) is 14.0. The molecule has 3 N–H and O–H groups in total. The third-order valence-electron chi connectivity index (χ3n) is 3.35. The summed E-state index contributed by atoms with van der Waals surface area (Å²) >= 11 is 0. The van der Waals surface area contributed by atoms with Gasteiger partial charge in [-0.2, -0.15) is 0 Å². The Balaban J connectivity index is 2.82. The lowest BCUT2D eigenvalue weighted by molar-refractivity contribution is -0.00292. The largest absolute Gasteiger partial charge is 0.392 e. The van der Waals surface area contributed by atoms with Gasteiger partial charge in [-0.15, -0.1) is 0 Å². The van der Waals surface area contributed by atoms with Crippen LogP contribution >= 0.6 is 0 Å². The zero-order valence-corrected chi connectivity index (χ0v) is 11.3. The second kappa shape index (κ2) is 5.08. The van der Waals surface area contributed by atoms with Gasteiger partial charge in [0.2, 0.25) is 0 Å². The quantitative estimate of drug-likeness (QED) is 0.758. The molecule has 0 aliphatic rings. The predicted octanol–water partition coefficient (Wildman–Crippen LogP) is 1.46. The highest BCUT2D eigenvalue weighted by atomic mass is 16.3. The van der Waals surface area contributed by atoms with E-state index < -0.39 is 11.1 Å². The first kappa shape index (κ1) is 14.7. The molecule has 0 aliphatic carbocycles. The molecular formula is C14H21NO3. The molecule has 4 nitrogen and oxygen atoms in total. The molecule has 0 unspecified atom stereocenters. The van der Waals surface area contributed by atoms with Gasteiger partial charge in [0.25, 0.3) is 5.91 Å². The van der Waals surface area contributed by atoms with Crippen molar-refractivity contribution in [3.05, 3.63) is 35.4 Å². The zero-order valence-electron chi connectivity index (χ0n) is 11.3. The molecule has 0 radical (unpaired) electrons. The SMILES string of the molecule is CC(C)(O)C(C)(C)NC(=O)c1ccc(CO)cc1. The molecule has 1 amide bonds. The van der Waals surface area contributed by atoms with Crippen LogP contribution in [0.15, 0.2) is 24.3 Å². The minimum Gasteiger partial charge on any atom is -0.392 e. The normalized spacial score (nSPS) is 12.3. The second-order valence-electron chi connectivity index (χ2n) is 5.49. The van der Waals surface area contributed by atoms with Crippen molar-refractivity contribution in [1.82, 2.24) is 5.32 Å². The molecule has 0 spiro atoms. The molecule has 0 aromatic heterocycles. The van der Waals surface area contributed by atoms with Gasteiger partial charge in [-0.25, -0.2) is 0 Å². The Morgan fingerprint density at radius 3 is 2.06 bits per heavy atom. The minimum absolute atomic E-state index is 0.0446. The molecule has 1 rings (SSSR count). The number of carbonyl (C=O) groups is 1. The van der Waals surface area contributed by atoms with Crippen LogP contribution in [0, 0.1) is 0 Å². The van der Waals surface area contributed by atoms with Crippen molar-refractivity contribution in [3.8, 4) is 0 Å². The summed E-state index contributed by atoms with van der Waals surface area (Å²) in [5.41, 5.74) is -0.495. The Hall–Kier alpha value is -1.39. The van der Waals surface area contributed by atoms with Crippen LogP contribution in [0.1, 0.15) is 43.6 Å². The highest BCUT2D eigenvalue weighted by Gasteiger charge is 2.36. The maximum absolute atomic E-state index is 12.0. The second-order valence-corrected chi connectivity index (χ2v) is 5.49. The summed E-state index contributed by atoms with van der Waals surface area (Å²) in [7, 11) is 0. The molecule has 0 saturated heterocycles. The van der Waals surface area contributed by atoms with Crippen molar-refractivity contribution in [3.63, 3.8) is 0 Å². The number of hydrogen-bond donors (Lipinski definition) is 3. The molecule has 1 aromatic rings. The van der Waals surface area contributed by atoms with Crippen molar-refractivity contribution in [1.29, 1.82) is 0 Å². The lowest BCUT2D eigenvalue weighted by atomic mass is 9.85. The summed E-state index contributed by atoms with van der Waals surface area (Å²) in [5.74, 6) is -0.244. The summed E-state index contributed by atoms with van der Waals surface area (Å²) < 4.78 is 0. The fraction of sp³-hybridized carbons (Fsp3) is 0.500. The molecule has 0 bridgehead atoms. The van der Waals surface area contributed by atoms with Crippen LogP contribution in [0.4, 0.5) is 0 Å². The van der Waals surface area contributed by atoms with E-state index in [0.29, 0.717) is 5.56 Å². The summed E-state index contributed by atoms with van der Waals surface area (Å²) in [6, 6.07) is 6.71. The molecule has 100 valence electrons. The smallest absolute Gasteiger partial charge is 0.251 e. The number of benzene rings is 1. The standard InChI is InChI=1S/C14H21NO3/c1-13(2,14(3,4)18)15-12(17)11-7-5-10(9-16)6-8-11/h5-8,16,18H,9H2,1-4H3,(H,15,17). The molecule has 0 heterocycles. The van der Waals surface area contributed by atoms with Gasteiger partial charge in [0.05, 0.1) is 17.7 Å². The van der Waals surface area contributed by atoms with E-state index in [1.54, 1.807) is 52.0 Å². The number of nitrogens with one attached hydrogen (secondary N) is 1. The Labute approximate surface area is 108 Å². The first-order chi connectivity index (χ1) is 8.17. The number of aliphatic hydroxyl groups is 2. The fourth-order valence-corrected chi connectivity index (χ4v) is 1.27.